The van der Waals surface area contributed by atoms with Gasteiger partial charge in [-0.2, -0.15) is 0 Å². The zero-order valence-electron chi connectivity index (χ0n) is 18.1. The van der Waals surface area contributed by atoms with Gasteiger partial charge in [-0.05, 0) is 23.3 Å². The molecule has 1 atom stereocenters. The number of amides is 1. The summed E-state index contributed by atoms with van der Waals surface area (Å²) in [6, 6.07) is 27.9. The number of benzene rings is 3. The molecule has 5 heteroatoms. The molecular weight excluding hydrogens is 400 g/mol. The summed E-state index contributed by atoms with van der Waals surface area (Å²) in [5.74, 6) is 0.702. The number of fused-ring (bicyclic) bond motifs is 1. The summed E-state index contributed by atoms with van der Waals surface area (Å²) >= 11 is 0. The van der Waals surface area contributed by atoms with Gasteiger partial charge in [-0.25, -0.2) is 0 Å². The van der Waals surface area contributed by atoms with Gasteiger partial charge in [0.25, 0.3) is 0 Å². The third-order valence-corrected chi connectivity index (χ3v) is 6.37. The van der Waals surface area contributed by atoms with E-state index in [2.05, 4.69) is 34.5 Å². The van der Waals surface area contributed by atoms with E-state index in [-0.39, 0.29) is 5.91 Å². The highest BCUT2D eigenvalue weighted by molar-refractivity contribution is 5.98. The SMILES string of the molecule is O=C1Nc2ccccc2OC2(CCOCC2)C1N(Cc1ccccc1)Cc1ccccc1. The molecule has 1 spiro atoms. The van der Waals surface area contributed by atoms with E-state index in [1.807, 2.05) is 60.7 Å². The molecule has 5 nitrogen and oxygen atoms in total. The van der Waals surface area contributed by atoms with Crippen LogP contribution in [0.1, 0.15) is 24.0 Å². The number of carbonyl (C=O) groups excluding carboxylic acids is 1. The predicted molar refractivity (Wildman–Crippen MR) is 124 cm³/mol. The molecule has 0 aromatic heterocycles. The monoisotopic (exact) mass is 428 g/mol. The quantitative estimate of drug-likeness (QED) is 0.643. The van der Waals surface area contributed by atoms with Gasteiger partial charge in [0.2, 0.25) is 5.91 Å². The standard InChI is InChI=1S/C27H28N2O3/c30-26-25(27(15-17-31-18-16-27)32-24-14-8-7-13-23(24)28-26)29(19-21-9-3-1-4-10-21)20-22-11-5-2-6-12-22/h1-14,25H,15-20H2,(H,28,30). The molecule has 3 aromatic rings. The van der Waals surface area contributed by atoms with Crippen molar-refractivity contribution in [3.63, 3.8) is 0 Å². The molecule has 2 aliphatic rings. The van der Waals surface area contributed by atoms with E-state index in [4.69, 9.17) is 9.47 Å². The first kappa shape index (κ1) is 20.7. The molecular formula is C27H28N2O3. The molecule has 5 rings (SSSR count). The summed E-state index contributed by atoms with van der Waals surface area (Å²) in [6.45, 7) is 2.46. The molecule has 1 saturated heterocycles. The fourth-order valence-corrected chi connectivity index (χ4v) is 4.84. The average molecular weight is 429 g/mol. The Hall–Kier alpha value is -3.15. The van der Waals surface area contributed by atoms with Gasteiger partial charge in [0, 0.05) is 25.9 Å². The molecule has 2 heterocycles. The Morgan fingerprint density at radius 3 is 2.00 bits per heavy atom. The fourth-order valence-electron chi connectivity index (χ4n) is 4.84. The van der Waals surface area contributed by atoms with Crippen LogP contribution in [-0.2, 0) is 22.6 Å². The highest BCUT2D eigenvalue weighted by Gasteiger charge is 2.51. The van der Waals surface area contributed by atoms with Crippen molar-refractivity contribution in [1.29, 1.82) is 0 Å². The van der Waals surface area contributed by atoms with Gasteiger partial charge in [-0.15, -0.1) is 0 Å². The number of carbonyl (C=O) groups is 1. The molecule has 32 heavy (non-hydrogen) atoms. The maximum absolute atomic E-state index is 13.8. The molecule has 164 valence electrons. The lowest BCUT2D eigenvalue weighted by atomic mass is 9.83. The highest BCUT2D eigenvalue weighted by Crippen LogP contribution is 2.40. The normalized spacial score (nSPS) is 19.7. The van der Waals surface area contributed by atoms with E-state index in [9.17, 15) is 4.79 Å². The van der Waals surface area contributed by atoms with E-state index in [0.29, 0.717) is 39.1 Å². The number of ether oxygens (including phenoxy) is 2. The van der Waals surface area contributed by atoms with Gasteiger partial charge in [0.15, 0.2) is 0 Å². The van der Waals surface area contributed by atoms with Crippen molar-refractivity contribution in [1.82, 2.24) is 4.90 Å². The van der Waals surface area contributed by atoms with Gasteiger partial charge in [0.05, 0.1) is 18.9 Å². The van der Waals surface area contributed by atoms with Crippen LogP contribution in [-0.4, -0.2) is 35.7 Å². The van der Waals surface area contributed by atoms with E-state index >= 15 is 0 Å². The largest absolute Gasteiger partial charge is 0.483 e. The second kappa shape index (κ2) is 9.15. The van der Waals surface area contributed by atoms with Crippen molar-refractivity contribution in [3.8, 4) is 5.75 Å². The third kappa shape index (κ3) is 4.27. The summed E-state index contributed by atoms with van der Waals surface area (Å²) < 4.78 is 12.4. The second-order valence-corrected chi connectivity index (χ2v) is 8.54. The Kier molecular flexibility index (Phi) is 5.93. The molecule has 0 bridgehead atoms. The van der Waals surface area contributed by atoms with Crippen molar-refractivity contribution in [2.45, 2.75) is 37.6 Å². The van der Waals surface area contributed by atoms with Crippen LogP contribution in [0.4, 0.5) is 5.69 Å². The number of nitrogens with one attached hydrogen (secondary N) is 1. The zero-order valence-corrected chi connectivity index (χ0v) is 18.1. The van der Waals surface area contributed by atoms with Crippen molar-refractivity contribution < 1.29 is 14.3 Å². The first-order valence-electron chi connectivity index (χ1n) is 11.2. The van der Waals surface area contributed by atoms with Crippen LogP contribution in [0.15, 0.2) is 84.9 Å². The summed E-state index contributed by atoms with van der Waals surface area (Å²) in [7, 11) is 0. The van der Waals surface area contributed by atoms with Gasteiger partial charge < -0.3 is 14.8 Å². The molecule has 1 N–H and O–H groups in total. The maximum atomic E-state index is 13.8. The number of rotatable bonds is 5. The van der Waals surface area contributed by atoms with E-state index in [1.165, 1.54) is 11.1 Å². The number of anilines is 1. The predicted octanol–water partition coefficient (Wildman–Crippen LogP) is 4.64. The Bertz CT molecular complexity index is 1010. The van der Waals surface area contributed by atoms with Crippen LogP contribution < -0.4 is 10.1 Å². The minimum atomic E-state index is -0.654. The van der Waals surface area contributed by atoms with Crippen LogP contribution in [0.2, 0.25) is 0 Å². The van der Waals surface area contributed by atoms with E-state index in [1.54, 1.807) is 0 Å². The lowest BCUT2D eigenvalue weighted by molar-refractivity contribution is -0.139. The zero-order chi connectivity index (χ0) is 21.8. The highest BCUT2D eigenvalue weighted by atomic mass is 16.5. The van der Waals surface area contributed by atoms with Crippen LogP contribution in [0.5, 0.6) is 5.75 Å². The van der Waals surface area contributed by atoms with E-state index in [0.717, 1.165) is 11.4 Å². The second-order valence-electron chi connectivity index (χ2n) is 8.54. The first-order chi connectivity index (χ1) is 15.7. The van der Waals surface area contributed by atoms with Gasteiger partial charge in [0.1, 0.15) is 17.4 Å². The molecule has 3 aromatic carbocycles. The van der Waals surface area contributed by atoms with Crippen LogP contribution in [0.3, 0.4) is 0 Å². The Morgan fingerprint density at radius 1 is 0.812 bits per heavy atom. The average Bonchev–Trinajstić information content (AvgIpc) is 2.93. The van der Waals surface area contributed by atoms with Crippen molar-refractivity contribution in [3.05, 3.63) is 96.1 Å². The van der Waals surface area contributed by atoms with Crippen LogP contribution in [0, 0.1) is 0 Å². The minimum absolute atomic E-state index is 0.0243. The minimum Gasteiger partial charge on any atom is -0.483 e. The topological polar surface area (TPSA) is 50.8 Å². The van der Waals surface area contributed by atoms with Crippen molar-refractivity contribution >= 4 is 11.6 Å². The van der Waals surface area contributed by atoms with Gasteiger partial charge in [-0.1, -0.05) is 72.8 Å². The summed E-state index contributed by atoms with van der Waals surface area (Å²) in [5.41, 5.74) is 2.41. The summed E-state index contributed by atoms with van der Waals surface area (Å²) in [5, 5.41) is 3.15. The maximum Gasteiger partial charge on any atom is 0.246 e. The Balaban J connectivity index is 1.57. The Morgan fingerprint density at radius 2 is 1.38 bits per heavy atom. The molecule has 1 fully saturated rings. The lowest BCUT2D eigenvalue weighted by Crippen LogP contribution is -2.62. The summed E-state index contributed by atoms with van der Waals surface area (Å²) in [4.78, 5) is 16.1. The molecule has 0 aliphatic carbocycles. The smallest absolute Gasteiger partial charge is 0.246 e. The van der Waals surface area contributed by atoms with E-state index < -0.39 is 11.6 Å². The number of hydrogen-bond acceptors (Lipinski definition) is 4. The number of hydrogen-bond donors (Lipinski definition) is 1. The van der Waals surface area contributed by atoms with Crippen molar-refractivity contribution in [2.24, 2.45) is 0 Å². The van der Waals surface area contributed by atoms with Gasteiger partial charge >= 0.3 is 0 Å². The number of nitrogens with zero attached hydrogens (tertiary/aromatic N) is 1. The number of para-hydroxylation sites is 2. The molecule has 1 amide bonds. The first-order valence-corrected chi connectivity index (χ1v) is 11.2. The molecule has 1 unspecified atom stereocenters. The molecule has 2 aliphatic heterocycles. The van der Waals surface area contributed by atoms with Crippen LogP contribution in [0.25, 0.3) is 0 Å². The molecule has 0 radical (unpaired) electrons. The third-order valence-electron chi connectivity index (χ3n) is 6.37. The van der Waals surface area contributed by atoms with Gasteiger partial charge in [-0.3, -0.25) is 9.69 Å². The van der Waals surface area contributed by atoms with Crippen LogP contribution >= 0.6 is 0 Å². The molecule has 0 saturated carbocycles. The summed E-state index contributed by atoms with van der Waals surface area (Å²) in [6.07, 6.45) is 1.33. The van der Waals surface area contributed by atoms with Crippen molar-refractivity contribution in [2.75, 3.05) is 18.5 Å². The lowest BCUT2D eigenvalue weighted by Gasteiger charge is -2.45. The Labute approximate surface area is 189 Å². The fraction of sp³-hybridized carbons (Fsp3) is 0.296.